The summed E-state index contributed by atoms with van der Waals surface area (Å²) in [6.45, 7) is 6.77. The van der Waals surface area contributed by atoms with Crippen molar-refractivity contribution in [2.24, 2.45) is 17.6 Å². The molecule has 2 unspecified atom stereocenters. The van der Waals surface area contributed by atoms with Crippen molar-refractivity contribution in [3.8, 4) is 0 Å². The molecule has 0 saturated carbocycles. The first-order valence-corrected chi connectivity index (χ1v) is 11.0. The number of primary amides is 1. The number of nitrogens with two attached hydrogens (primary N) is 1. The van der Waals surface area contributed by atoms with Crippen LogP contribution in [0.3, 0.4) is 0 Å². The number of rotatable bonds is 14. The van der Waals surface area contributed by atoms with Crippen LogP contribution in [-0.2, 0) is 28.7 Å². The lowest BCUT2D eigenvalue weighted by Crippen LogP contribution is -2.62. The van der Waals surface area contributed by atoms with Crippen LogP contribution in [0, 0.1) is 11.8 Å². The topological polar surface area (TPSA) is 221 Å². The van der Waals surface area contributed by atoms with Crippen LogP contribution in [0.2, 0.25) is 0 Å². The Labute approximate surface area is 197 Å². The van der Waals surface area contributed by atoms with Crippen molar-refractivity contribution in [1.82, 2.24) is 16.0 Å². The van der Waals surface area contributed by atoms with E-state index in [2.05, 4.69) is 16.0 Å². The Balaban J connectivity index is 3.00. The third-order valence-corrected chi connectivity index (χ3v) is 5.48. The van der Waals surface area contributed by atoms with Crippen molar-refractivity contribution in [2.75, 3.05) is 13.2 Å². The number of carbonyl (C=O) groups excluding carboxylic acids is 5. The van der Waals surface area contributed by atoms with Crippen molar-refractivity contribution in [3.05, 3.63) is 0 Å². The molecule has 0 aromatic rings. The van der Waals surface area contributed by atoms with Crippen molar-refractivity contribution in [1.29, 1.82) is 0 Å². The smallest absolute Gasteiger partial charge is 0.245 e. The van der Waals surface area contributed by atoms with Gasteiger partial charge in [0.25, 0.3) is 0 Å². The van der Waals surface area contributed by atoms with Crippen LogP contribution in [0.15, 0.2) is 0 Å². The normalized spacial score (nSPS) is 22.5. The number of amides is 4. The van der Waals surface area contributed by atoms with E-state index < -0.39 is 77.9 Å². The maximum absolute atomic E-state index is 12.9. The highest BCUT2D eigenvalue weighted by molar-refractivity contribution is 6.02. The van der Waals surface area contributed by atoms with Crippen LogP contribution in [0.4, 0.5) is 0 Å². The summed E-state index contributed by atoms with van der Waals surface area (Å²) in [5, 5.41) is 36.5. The fourth-order valence-corrected chi connectivity index (χ4v) is 3.14. The van der Waals surface area contributed by atoms with Crippen molar-refractivity contribution in [2.45, 2.75) is 77.0 Å². The molecule has 0 bridgehead atoms. The number of aliphatic hydroxyl groups excluding tert-OH is 3. The minimum atomic E-state index is -1.56. The largest absolute Gasteiger partial charge is 0.393 e. The van der Waals surface area contributed by atoms with Crippen LogP contribution in [-0.4, -0.2) is 93.9 Å². The Morgan fingerprint density at radius 3 is 1.68 bits per heavy atom. The predicted molar refractivity (Wildman–Crippen MR) is 118 cm³/mol. The molecule has 0 spiro atoms. The number of hydrogen-bond acceptors (Lipinski definition) is 9. The lowest BCUT2D eigenvalue weighted by Gasteiger charge is -2.28. The number of ketones is 1. The molecule has 0 aliphatic carbocycles. The van der Waals surface area contributed by atoms with Gasteiger partial charge in [-0.25, -0.2) is 0 Å². The summed E-state index contributed by atoms with van der Waals surface area (Å²) in [6.07, 6.45) is -2.63. The molecular formula is C21H36N4O9. The molecular weight excluding hydrogens is 452 g/mol. The average Bonchev–Trinajstić information content (AvgIpc) is 3.54. The molecule has 13 heteroatoms. The summed E-state index contributed by atoms with van der Waals surface area (Å²) in [7, 11) is 0. The molecule has 1 rings (SSSR count). The Hall–Kier alpha value is -2.61. The van der Waals surface area contributed by atoms with E-state index in [4.69, 9.17) is 10.5 Å². The highest BCUT2D eigenvalue weighted by atomic mass is 16.6. The van der Waals surface area contributed by atoms with Crippen molar-refractivity contribution < 1.29 is 44.0 Å². The monoisotopic (exact) mass is 488 g/mol. The van der Waals surface area contributed by atoms with Gasteiger partial charge < -0.3 is 41.7 Å². The van der Waals surface area contributed by atoms with Crippen molar-refractivity contribution in [3.63, 3.8) is 0 Å². The predicted octanol–water partition coefficient (Wildman–Crippen LogP) is -3.30. The van der Waals surface area contributed by atoms with Crippen molar-refractivity contribution >= 4 is 29.4 Å². The average molecular weight is 489 g/mol. The number of aliphatic hydroxyl groups is 3. The number of hydrogen-bond donors (Lipinski definition) is 7. The second-order valence-electron chi connectivity index (χ2n) is 9.07. The molecule has 7 atom stereocenters. The van der Waals surface area contributed by atoms with E-state index in [1.165, 1.54) is 20.8 Å². The standard InChI is InChI=1S/C21H36N4O9/c1-9(2)6-13(16(29)21(7-26)8-34-21)23-19(32)14(11(4)27)25-20(33)15(12(5)28)24-18(31)10(3)17(22)30/h9-15,26-28H,6-8H2,1-5H3,(H2,22,30)(H,23,32)(H,24,31)(H,25,33)/t10?,11-,12-,13+,14+,15+,21?/m1/s1. The summed E-state index contributed by atoms with van der Waals surface area (Å²) in [5.41, 5.74) is 3.69. The lowest BCUT2D eigenvalue weighted by molar-refractivity contribution is -0.139. The summed E-state index contributed by atoms with van der Waals surface area (Å²) in [5.74, 6) is -5.58. The second-order valence-corrected chi connectivity index (χ2v) is 9.07. The zero-order valence-electron chi connectivity index (χ0n) is 20.0. The number of epoxide rings is 1. The Morgan fingerprint density at radius 2 is 1.32 bits per heavy atom. The summed E-state index contributed by atoms with van der Waals surface area (Å²) < 4.78 is 5.08. The summed E-state index contributed by atoms with van der Waals surface area (Å²) in [4.78, 5) is 61.8. The molecule has 34 heavy (non-hydrogen) atoms. The first-order chi connectivity index (χ1) is 15.7. The summed E-state index contributed by atoms with van der Waals surface area (Å²) in [6, 6.07) is -4.16. The molecule has 0 aromatic heterocycles. The highest BCUT2D eigenvalue weighted by Crippen LogP contribution is 2.30. The quantitative estimate of drug-likeness (QED) is 0.0959. The third kappa shape index (κ3) is 7.72. The Morgan fingerprint density at radius 1 is 0.882 bits per heavy atom. The molecule has 0 radical (unpaired) electrons. The highest BCUT2D eigenvalue weighted by Gasteiger charge is 2.54. The first-order valence-electron chi connectivity index (χ1n) is 11.0. The maximum atomic E-state index is 12.9. The van der Waals surface area contributed by atoms with Gasteiger partial charge in [0, 0.05) is 0 Å². The van der Waals surface area contributed by atoms with Gasteiger partial charge in [0.2, 0.25) is 23.6 Å². The van der Waals surface area contributed by atoms with Gasteiger partial charge in [-0.3, -0.25) is 24.0 Å². The van der Waals surface area contributed by atoms with Crippen LogP contribution >= 0.6 is 0 Å². The van der Waals surface area contributed by atoms with Crippen LogP contribution in [0.5, 0.6) is 0 Å². The van der Waals surface area contributed by atoms with E-state index in [1.54, 1.807) is 0 Å². The van der Waals surface area contributed by atoms with Gasteiger partial charge in [-0.1, -0.05) is 13.8 Å². The van der Waals surface area contributed by atoms with E-state index in [9.17, 15) is 39.3 Å². The number of carbonyl (C=O) groups is 5. The van der Waals surface area contributed by atoms with E-state index in [0.29, 0.717) is 0 Å². The first kappa shape index (κ1) is 29.4. The molecule has 8 N–H and O–H groups in total. The lowest BCUT2D eigenvalue weighted by atomic mass is 9.92. The van der Waals surface area contributed by atoms with Gasteiger partial charge in [-0.05, 0) is 33.1 Å². The molecule has 1 aliphatic rings. The SMILES string of the molecule is CC(C)C[C@H](NC(=O)[C@@H](NC(=O)[C@@H](NC(=O)C(C)C(N)=O)[C@@H](C)O)[C@@H](C)O)C(=O)C1(CO)CO1. The third-order valence-electron chi connectivity index (χ3n) is 5.48. The molecule has 1 heterocycles. The fraction of sp³-hybridized carbons (Fsp3) is 0.762. The summed E-state index contributed by atoms with van der Waals surface area (Å²) >= 11 is 0. The van der Waals surface area contributed by atoms with Crippen LogP contribution < -0.4 is 21.7 Å². The van der Waals surface area contributed by atoms with E-state index in [0.717, 1.165) is 0 Å². The van der Waals surface area contributed by atoms with Gasteiger partial charge in [0.15, 0.2) is 11.4 Å². The van der Waals surface area contributed by atoms with E-state index >= 15 is 0 Å². The molecule has 1 aliphatic heterocycles. The van der Waals surface area contributed by atoms with Gasteiger partial charge >= 0.3 is 0 Å². The zero-order chi connectivity index (χ0) is 26.4. The van der Waals surface area contributed by atoms with Crippen LogP contribution in [0.25, 0.3) is 0 Å². The van der Waals surface area contributed by atoms with E-state index in [1.807, 2.05) is 13.8 Å². The number of nitrogens with one attached hydrogen (secondary N) is 3. The number of Topliss-reactive ketones (excluding diaryl/α,β-unsaturated/α-hetero) is 1. The van der Waals surface area contributed by atoms with Gasteiger partial charge in [-0.15, -0.1) is 0 Å². The maximum Gasteiger partial charge on any atom is 0.245 e. The molecule has 4 amide bonds. The minimum absolute atomic E-state index is 0.0167. The zero-order valence-corrected chi connectivity index (χ0v) is 20.0. The molecule has 1 fully saturated rings. The minimum Gasteiger partial charge on any atom is -0.393 e. The molecule has 0 aromatic carbocycles. The molecule has 194 valence electrons. The Kier molecular flexibility index (Phi) is 10.6. The van der Waals surface area contributed by atoms with Crippen LogP contribution in [0.1, 0.15) is 41.0 Å². The van der Waals surface area contributed by atoms with E-state index in [-0.39, 0.29) is 18.9 Å². The van der Waals surface area contributed by atoms with Gasteiger partial charge in [-0.2, -0.15) is 0 Å². The Bertz CT molecular complexity index is 780. The molecule has 13 nitrogen and oxygen atoms in total. The van der Waals surface area contributed by atoms with Gasteiger partial charge in [0.05, 0.1) is 31.5 Å². The van der Waals surface area contributed by atoms with Gasteiger partial charge in [0.1, 0.15) is 18.0 Å². The molecule has 1 saturated heterocycles. The number of ether oxygens (including phenoxy) is 1. The fourth-order valence-electron chi connectivity index (χ4n) is 3.14. The second kappa shape index (κ2) is 12.2.